The third-order valence-corrected chi connectivity index (χ3v) is 4.55. The normalized spacial score (nSPS) is 10.6. The van der Waals surface area contributed by atoms with Gasteiger partial charge in [-0.15, -0.1) is 11.3 Å². The maximum absolute atomic E-state index is 11.6. The van der Waals surface area contributed by atoms with Crippen LogP contribution in [-0.4, -0.2) is 33.3 Å². The summed E-state index contributed by atoms with van der Waals surface area (Å²) in [7, 11) is 0. The Morgan fingerprint density at radius 1 is 1.48 bits per heavy atom. The van der Waals surface area contributed by atoms with E-state index in [-0.39, 0.29) is 11.4 Å². The van der Waals surface area contributed by atoms with Crippen LogP contribution in [-0.2, 0) is 11.2 Å². The Balaban J connectivity index is 1.94. The van der Waals surface area contributed by atoms with Crippen molar-refractivity contribution in [2.75, 3.05) is 18.1 Å². The largest absolute Gasteiger partial charge is 0.462 e. The number of carbonyl (C=O) groups excluding carboxylic acids is 1. The highest BCUT2D eigenvalue weighted by Crippen LogP contribution is 2.20. The van der Waals surface area contributed by atoms with Crippen LogP contribution in [0, 0.1) is 6.92 Å². The molecule has 0 saturated carbocycles. The van der Waals surface area contributed by atoms with E-state index in [0.717, 1.165) is 17.9 Å². The van der Waals surface area contributed by atoms with Crippen LogP contribution < -0.4 is 5.73 Å². The second-order valence-corrected chi connectivity index (χ2v) is 6.13. The first-order valence-electron chi connectivity index (χ1n) is 6.43. The Labute approximate surface area is 131 Å². The molecule has 0 atom stereocenters. The van der Waals surface area contributed by atoms with E-state index in [1.54, 1.807) is 18.3 Å². The molecule has 0 aliphatic carbocycles. The number of esters is 1. The van der Waals surface area contributed by atoms with Crippen molar-refractivity contribution in [3.05, 3.63) is 27.8 Å². The van der Waals surface area contributed by atoms with Crippen molar-refractivity contribution >= 4 is 34.9 Å². The molecule has 0 saturated heterocycles. The first kappa shape index (κ1) is 15.7. The lowest BCUT2D eigenvalue weighted by atomic mass is 10.3. The third-order valence-electron chi connectivity index (χ3n) is 2.70. The summed E-state index contributed by atoms with van der Waals surface area (Å²) in [6.45, 7) is 4.03. The van der Waals surface area contributed by atoms with Gasteiger partial charge in [-0.2, -0.15) is 0 Å². The molecule has 2 N–H and O–H groups in total. The van der Waals surface area contributed by atoms with Crippen LogP contribution >= 0.6 is 23.1 Å². The molecule has 2 heterocycles. The molecule has 2 aromatic heterocycles. The highest BCUT2D eigenvalue weighted by molar-refractivity contribution is 7.99. The van der Waals surface area contributed by atoms with Crippen LogP contribution in [0.3, 0.4) is 0 Å². The summed E-state index contributed by atoms with van der Waals surface area (Å²) in [4.78, 5) is 25.3. The molecule has 0 amide bonds. The molecular weight excluding hydrogens is 308 g/mol. The standard InChI is InChI=1S/C13H16N4O2S2/c1-3-19-12(18)9-6-15-13(17-11(9)14)20-5-4-10-8(2)16-7-21-10/h6-7H,3-5H2,1-2H3,(H2,14,15,17). The van der Waals surface area contributed by atoms with Gasteiger partial charge in [-0.05, 0) is 20.3 Å². The van der Waals surface area contributed by atoms with Gasteiger partial charge in [0.1, 0.15) is 11.4 Å². The van der Waals surface area contributed by atoms with Gasteiger partial charge in [-0.1, -0.05) is 11.8 Å². The molecule has 0 aliphatic heterocycles. The van der Waals surface area contributed by atoms with Crippen LogP contribution in [0.2, 0.25) is 0 Å². The summed E-state index contributed by atoms with van der Waals surface area (Å²) in [6, 6.07) is 0. The third kappa shape index (κ3) is 4.15. The molecule has 0 fully saturated rings. The lowest BCUT2D eigenvalue weighted by Crippen LogP contribution is -2.10. The SMILES string of the molecule is CCOC(=O)c1cnc(SCCc2scnc2C)nc1N. The number of aryl methyl sites for hydroxylation is 2. The van der Waals surface area contributed by atoms with E-state index in [0.29, 0.717) is 11.8 Å². The number of nitrogens with two attached hydrogens (primary N) is 1. The Kier molecular flexibility index (Phi) is 5.51. The molecule has 0 radical (unpaired) electrons. The number of hydrogen-bond donors (Lipinski definition) is 1. The number of carbonyl (C=O) groups is 1. The Morgan fingerprint density at radius 2 is 2.29 bits per heavy atom. The van der Waals surface area contributed by atoms with Crippen LogP contribution in [0.1, 0.15) is 27.9 Å². The Bertz CT molecular complexity index is 630. The summed E-state index contributed by atoms with van der Waals surface area (Å²) in [5, 5.41) is 0.558. The number of thioether (sulfide) groups is 1. The average Bonchev–Trinajstić information content (AvgIpc) is 2.85. The lowest BCUT2D eigenvalue weighted by molar-refractivity contribution is 0.0526. The van der Waals surface area contributed by atoms with Gasteiger partial charge in [0.25, 0.3) is 0 Å². The summed E-state index contributed by atoms with van der Waals surface area (Å²) in [5.41, 5.74) is 8.89. The quantitative estimate of drug-likeness (QED) is 0.495. The Morgan fingerprint density at radius 3 is 2.90 bits per heavy atom. The van der Waals surface area contributed by atoms with Crippen LogP contribution in [0.25, 0.3) is 0 Å². The van der Waals surface area contributed by atoms with Crippen molar-refractivity contribution in [2.24, 2.45) is 0 Å². The van der Waals surface area contributed by atoms with Gasteiger partial charge >= 0.3 is 5.97 Å². The molecule has 2 aromatic rings. The number of thiazole rings is 1. The molecule has 0 aliphatic rings. The van der Waals surface area contributed by atoms with Crippen molar-refractivity contribution < 1.29 is 9.53 Å². The molecule has 0 unspecified atom stereocenters. The fourth-order valence-corrected chi connectivity index (χ4v) is 3.30. The van der Waals surface area contributed by atoms with Crippen LogP contribution in [0.5, 0.6) is 0 Å². The summed E-state index contributed by atoms with van der Waals surface area (Å²) in [5.74, 6) is 0.494. The maximum Gasteiger partial charge on any atom is 0.343 e. The molecule has 21 heavy (non-hydrogen) atoms. The summed E-state index contributed by atoms with van der Waals surface area (Å²) in [6.07, 6.45) is 2.32. The smallest absolute Gasteiger partial charge is 0.343 e. The minimum absolute atomic E-state index is 0.153. The number of hydrogen-bond acceptors (Lipinski definition) is 8. The summed E-state index contributed by atoms with van der Waals surface area (Å²) < 4.78 is 4.88. The predicted octanol–water partition coefficient (Wildman–Crippen LogP) is 2.34. The highest BCUT2D eigenvalue weighted by atomic mass is 32.2. The van der Waals surface area contributed by atoms with Gasteiger partial charge in [0.05, 0.1) is 17.8 Å². The van der Waals surface area contributed by atoms with Crippen molar-refractivity contribution in [1.29, 1.82) is 0 Å². The Hall–Kier alpha value is -1.67. The van der Waals surface area contributed by atoms with Crippen molar-refractivity contribution in [3.8, 4) is 0 Å². The van der Waals surface area contributed by atoms with Gasteiger partial charge < -0.3 is 10.5 Å². The average molecular weight is 324 g/mol. The molecule has 112 valence electrons. The topological polar surface area (TPSA) is 91.0 Å². The number of aromatic nitrogens is 3. The number of nitrogen functional groups attached to an aromatic ring is 1. The van der Waals surface area contributed by atoms with Crippen LogP contribution in [0.4, 0.5) is 5.82 Å². The fourth-order valence-electron chi connectivity index (χ4n) is 1.61. The van der Waals surface area contributed by atoms with E-state index in [1.165, 1.54) is 22.8 Å². The number of nitrogens with zero attached hydrogens (tertiary/aromatic N) is 3. The molecule has 2 rings (SSSR count). The van der Waals surface area contributed by atoms with E-state index >= 15 is 0 Å². The molecule has 0 bridgehead atoms. The lowest BCUT2D eigenvalue weighted by Gasteiger charge is -2.05. The van der Waals surface area contributed by atoms with Gasteiger partial charge in [-0.25, -0.2) is 19.7 Å². The van der Waals surface area contributed by atoms with Gasteiger partial charge in [0, 0.05) is 16.8 Å². The van der Waals surface area contributed by atoms with Crippen molar-refractivity contribution in [2.45, 2.75) is 25.4 Å². The van der Waals surface area contributed by atoms with Crippen LogP contribution in [0.15, 0.2) is 16.9 Å². The maximum atomic E-state index is 11.6. The second-order valence-electron chi connectivity index (χ2n) is 4.13. The fraction of sp³-hybridized carbons (Fsp3) is 0.385. The molecule has 0 spiro atoms. The van der Waals surface area contributed by atoms with Crippen molar-refractivity contribution in [3.63, 3.8) is 0 Å². The predicted molar refractivity (Wildman–Crippen MR) is 83.7 cm³/mol. The van der Waals surface area contributed by atoms with Crippen molar-refractivity contribution in [1.82, 2.24) is 15.0 Å². The number of rotatable bonds is 6. The van der Waals surface area contributed by atoms with E-state index in [9.17, 15) is 4.79 Å². The monoisotopic (exact) mass is 324 g/mol. The molecule has 8 heteroatoms. The van der Waals surface area contributed by atoms with Gasteiger partial charge in [-0.3, -0.25) is 0 Å². The van der Waals surface area contributed by atoms with E-state index < -0.39 is 5.97 Å². The zero-order valence-electron chi connectivity index (χ0n) is 11.8. The van der Waals surface area contributed by atoms with E-state index in [1.807, 2.05) is 12.4 Å². The first-order chi connectivity index (χ1) is 10.1. The van der Waals surface area contributed by atoms with Gasteiger partial charge in [0.2, 0.25) is 0 Å². The second kappa shape index (κ2) is 7.37. The van der Waals surface area contributed by atoms with E-state index in [4.69, 9.17) is 10.5 Å². The molecular formula is C13H16N4O2S2. The zero-order chi connectivity index (χ0) is 15.2. The first-order valence-corrected chi connectivity index (χ1v) is 8.29. The molecule has 0 aromatic carbocycles. The minimum atomic E-state index is -0.494. The van der Waals surface area contributed by atoms with E-state index in [2.05, 4.69) is 15.0 Å². The van der Waals surface area contributed by atoms with Gasteiger partial charge in [0.15, 0.2) is 5.16 Å². The highest BCUT2D eigenvalue weighted by Gasteiger charge is 2.13. The summed E-state index contributed by atoms with van der Waals surface area (Å²) >= 11 is 3.15. The molecule has 6 nitrogen and oxygen atoms in total. The zero-order valence-corrected chi connectivity index (χ0v) is 13.5. The minimum Gasteiger partial charge on any atom is -0.462 e. The number of ether oxygens (including phenoxy) is 1. The number of anilines is 1.